The van der Waals surface area contributed by atoms with Gasteiger partial charge in [-0.05, 0) is 58.3 Å². The van der Waals surface area contributed by atoms with Crippen LogP contribution in [-0.4, -0.2) is 62.4 Å². The Bertz CT molecular complexity index is 662. The van der Waals surface area contributed by atoms with E-state index in [4.69, 9.17) is 23.8 Å². The van der Waals surface area contributed by atoms with Crippen LogP contribution in [0.5, 0.6) is 0 Å². The molecule has 1 fully saturated rings. The van der Waals surface area contributed by atoms with Crippen molar-refractivity contribution in [2.24, 2.45) is 17.8 Å². The summed E-state index contributed by atoms with van der Waals surface area (Å²) in [6, 6.07) is 2.61. The van der Waals surface area contributed by atoms with Gasteiger partial charge >= 0.3 is 6.09 Å². The van der Waals surface area contributed by atoms with Crippen molar-refractivity contribution in [2.75, 3.05) is 39.6 Å². The number of nitriles is 1. The van der Waals surface area contributed by atoms with Gasteiger partial charge in [0.05, 0.1) is 45.5 Å². The minimum Gasteiger partial charge on any atom is -0.449 e. The molecule has 0 aromatic carbocycles. The first-order chi connectivity index (χ1) is 16.0. The number of ether oxygens (including phenoxy) is 2. The van der Waals surface area contributed by atoms with Crippen LogP contribution in [0.4, 0.5) is 4.79 Å². The maximum Gasteiger partial charge on any atom is 0.407 e. The van der Waals surface area contributed by atoms with Crippen molar-refractivity contribution in [2.45, 2.75) is 71.9 Å². The average molecular weight is 482 g/mol. The molecule has 2 aliphatic carbocycles. The minimum absolute atomic E-state index is 0.260. The van der Waals surface area contributed by atoms with Gasteiger partial charge in [0.15, 0.2) is 0 Å². The lowest BCUT2D eigenvalue weighted by atomic mass is 10.1. The standard InChI is InChI=1S/C24H40N3O5P/c1-19(2)27(20(3)4)33(31-14-9-12-25)32-17-16-29-15-13-26-24(28)30-18-23-21-10-7-5-6-8-11-22(21)23/h19-23H,7-11,13-18H2,1-4H3,(H,26,28)/t21-,22+,23-,33?. The molecule has 8 nitrogen and oxygen atoms in total. The van der Waals surface area contributed by atoms with Crippen LogP contribution in [0.25, 0.3) is 0 Å². The number of rotatable bonds is 15. The summed E-state index contributed by atoms with van der Waals surface area (Å²) < 4.78 is 24.9. The second kappa shape index (κ2) is 15.5. The van der Waals surface area contributed by atoms with Gasteiger partial charge in [-0.25, -0.2) is 9.46 Å². The van der Waals surface area contributed by atoms with E-state index in [1.807, 2.05) is 0 Å². The number of alkyl carbamates (subject to hydrolysis) is 1. The lowest BCUT2D eigenvalue weighted by Gasteiger charge is -2.35. The molecule has 1 amide bonds. The molecule has 0 bridgehead atoms. The molecule has 0 radical (unpaired) electrons. The Labute approximate surface area is 200 Å². The highest BCUT2D eigenvalue weighted by atomic mass is 31.2. The molecule has 2 rings (SSSR count). The summed E-state index contributed by atoms with van der Waals surface area (Å²) in [5.41, 5.74) is 0. The molecule has 0 heterocycles. The van der Waals surface area contributed by atoms with Crippen LogP contribution >= 0.6 is 8.53 Å². The Hall–Kier alpha value is -1.41. The molecule has 1 unspecified atom stereocenters. The van der Waals surface area contributed by atoms with Gasteiger partial charge in [0.1, 0.15) is 0 Å². The van der Waals surface area contributed by atoms with Gasteiger partial charge in [-0.3, -0.25) is 0 Å². The van der Waals surface area contributed by atoms with Gasteiger partial charge in [-0.15, -0.1) is 11.8 Å². The molecule has 186 valence electrons. The van der Waals surface area contributed by atoms with E-state index in [1.165, 1.54) is 0 Å². The SMILES string of the molecule is CC(C)N(C(C)C)P(OCCC#N)OCCOCCNC(=O)OC[C@@H]1[C@@H]2CCC#CCC[C@@H]21. The lowest BCUT2D eigenvalue weighted by Crippen LogP contribution is -2.34. The Morgan fingerprint density at radius 2 is 1.70 bits per heavy atom. The molecule has 0 saturated heterocycles. The monoisotopic (exact) mass is 481 g/mol. The van der Waals surface area contributed by atoms with Gasteiger partial charge in [0.25, 0.3) is 8.53 Å². The van der Waals surface area contributed by atoms with Gasteiger partial charge in [0.2, 0.25) is 0 Å². The molecule has 2 aliphatic rings. The van der Waals surface area contributed by atoms with E-state index in [0.29, 0.717) is 63.8 Å². The number of carbonyl (C=O) groups is 1. The summed E-state index contributed by atoms with van der Waals surface area (Å²) in [5.74, 6) is 8.24. The normalized spacial score (nSPS) is 22.5. The van der Waals surface area contributed by atoms with E-state index in [2.05, 4.69) is 55.6 Å². The Morgan fingerprint density at radius 3 is 2.30 bits per heavy atom. The highest BCUT2D eigenvalue weighted by Crippen LogP contribution is 2.52. The second-order valence-corrected chi connectivity index (χ2v) is 10.4. The summed E-state index contributed by atoms with van der Waals surface area (Å²) in [6.45, 7) is 10.8. The van der Waals surface area contributed by atoms with E-state index in [9.17, 15) is 4.79 Å². The lowest BCUT2D eigenvalue weighted by molar-refractivity contribution is 0.0864. The smallest absolute Gasteiger partial charge is 0.407 e. The third-order valence-electron chi connectivity index (χ3n) is 5.85. The zero-order valence-electron chi connectivity index (χ0n) is 20.5. The van der Waals surface area contributed by atoms with Crippen LogP contribution in [0.1, 0.15) is 59.8 Å². The number of carbonyl (C=O) groups excluding carboxylic acids is 1. The van der Waals surface area contributed by atoms with E-state index in [0.717, 1.165) is 25.7 Å². The number of hydrogen-bond acceptors (Lipinski definition) is 7. The van der Waals surface area contributed by atoms with Crippen LogP contribution in [0.15, 0.2) is 0 Å². The second-order valence-electron chi connectivity index (χ2n) is 8.94. The first-order valence-electron chi connectivity index (χ1n) is 12.1. The first kappa shape index (κ1) is 27.8. The highest BCUT2D eigenvalue weighted by molar-refractivity contribution is 7.44. The number of amides is 1. The van der Waals surface area contributed by atoms with E-state index in [-0.39, 0.29) is 18.2 Å². The van der Waals surface area contributed by atoms with Gasteiger partial charge < -0.3 is 23.8 Å². The zero-order valence-corrected chi connectivity index (χ0v) is 21.4. The third kappa shape index (κ3) is 10.2. The van der Waals surface area contributed by atoms with Crippen LogP contribution in [-0.2, 0) is 18.5 Å². The minimum atomic E-state index is -1.26. The van der Waals surface area contributed by atoms with E-state index >= 15 is 0 Å². The highest BCUT2D eigenvalue weighted by Gasteiger charge is 2.49. The van der Waals surface area contributed by atoms with E-state index < -0.39 is 8.53 Å². The van der Waals surface area contributed by atoms with Crippen molar-refractivity contribution in [3.63, 3.8) is 0 Å². The van der Waals surface area contributed by atoms with Gasteiger partial charge in [-0.1, -0.05) is 0 Å². The molecule has 9 heteroatoms. The van der Waals surface area contributed by atoms with Crippen molar-refractivity contribution < 1.29 is 23.3 Å². The van der Waals surface area contributed by atoms with Crippen LogP contribution < -0.4 is 5.32 Å². The molecule has 1 N–H and O–H groups in total. The molecule has 0 spiro atoms. The zero-order chi connectivity index (χ0) is 24.1. The molecule has 4 atom stereocenters. The fourth-order valence-electron chi connectivity index (χ4n) is 4.32. The number of hydrogen-bond donors (Lipinski definition) is 1. The average Bonchev–Trinajstić information content (AvgIpc) is 3.39. The van der Waals surface area contributed by atoms with Gasteiger partial charge in [-0.2, -0.15) is 5.26 Å². The molecular weight excluding hydrogens is 441 g/mol. The Kier molecular flexibility index (Phi) is 13.1. The van der Waals surface area contributed by atoms with Crippen molar-refractivity contribution in [1.29, 1.82) is 5.26 Å². The van der Waals surface area contributed by atoms with Crippen LogP contribution in [0, 0.1) is 40.9 Å². The largest absolute Gasteiger partial charge is 0.449 e. The molecule has 1 saturated carbocycles. The number of nitrogens with one attached hydrogen (secondary N) is 1. The van der Waals surface area contributed by atoms with Crippen molar-refractivity contribution in [3.8, 4) is 17.9 Å². The summed E-state index contributed by atoms with van der Waals surface area (Å²) >= 11 is 0. The molecule has 0 aliphatic heterocycles. The van der Waals surface area contributed by atoms with Crippen LogP contribution in [0.3, 0.4) is 0 Å². The fourth-order valence-corrected chi connectivity index (χ4v) is 5.89. The quantitative estimate of drug-likeness (QED) is 0.210. The Balaban J connectivity index is 1.54. The van der Waals surface area contributed by atoms with Crippen LogP contribution in [0.2, 0.25) is 0 Å². The van der Waals surface area contributed by atoms with Crippen molar-refractivity contribution in [1.82, 2.24) is 9.99 Å². The number of fused-ring (bicyclic) bond motifs is 1. The van der Waals surface area contributed by atoms with Crippen molar-refractivity contribution >= 4 is 14.6 Å². The maximum absolute atomic E-state index is 11.9. The van der Waals surface area contributed by atoms with Crippen molar-refractivity contribution in [3.05, 3.63) is 0 Å². The van der Waals surface area contributed by atoms with E-state index in [1.54, 1.807) is 0 Å². The predicted octanol–water partition coefficient (Wildman–Crippen LogP) is 4.46. The summed E-state index contributed by atoms with van der Waals surface area (Å²) in [7, 11) is -1.26. The molecular formula is C24H40N3O5P. The predicted molar refractivity (Wildman–Crippen MR) is 128 cm³/mol. The first-order valence-corrected chi connectivity index (χ1v) is 13.2. The maximum atomic E-state index is 11.9. The summed E-state index contributed by atoms with van der Waals surface area (Å²) in [4.78, 5) is 11.9. The topological polar surface area (TPSA) is 93.0 Å². The molecule has 33 heavy (non-hydrogen) atoms. The van der Waals surface area contributed by atoms with Gasteiger partial charge in [0, 0.05) is 31.5 Å². The molecule has 0 aromatic heterocycles. The summed E-state index contributed by atoms with van der Waals surface area (Å²) in [6.07, 6.45) is 4.13. The third-order valence-corrected chi connectivity index (χ3v) is 7.96. The molecule has 0 aromatic rings. The Morgan fingerprint density at radius 1 is 1.06 bits per heavy atom. The number of nitrogens with zero attached hydrogens (tertiary/aromatic N) is 2. The summed E-state index contributed by atoms with van der Waals surface area (Å²) in [5, 5.41) is 11.5. The fraction of sp³-hybridized carbons (Fsp3) is 0.833.